The molecule has 0 fully saturated rings. The van der Waals surface area contributed by atoms with E-state index in [1.165, 1.54) is 0 Å². The second-order valence-electron chi connectivity index (χ2n) is 3.20. The summed E-state index contributed by atoms with van der Waals surface area (Å²) in [6.07, 6.45) is 2.55. The number of aryl methyl sites for hydroxylation is 1. The van der Waals surface area contributed by atoms with Crippen molar-refractivity contribution in [2.24, 2.45) is 5.73 Å². The lowest BCUT2D eigenvalue weighted by Gasteiger charge is -2.03. The van der Waals surface area contributed by atoms with Crippen molar-refractivity contribution >= 4 is 15.9 Å². The highest BCUT2D eigenvalue weighted by molar-refractivity contribution is 9.10. The standard InChI is InChI=1S/C9H11BrN6/c10-7-3-1-5-12-8(7)9-13-14-15-16(9)6-2-4-11/h1,3,5H,2,4,6,11H2. The van der Waals surface area contributed by atoms with Crippen LogP contribution in [0.15, 0.2) is 22.8 Å². The molecule has 84 valence electrons. The van der Waals surface area contributed by atoms with Crippen molar-refractivity contribution in [1.82, 2.24) is 25.2 Å². The van der Waals surface area contributed by atoms with E-state index in [0.717, 1.165) is 16.6 Å². The Labute approximate surface area is 101 Å². The van der Waals surface area contributed by atoms with Crippen LogP contribution >= 0.6 is 15.9 Å². The molecule has 0 spiro atoms. The van der Waals surface area contributed by atoms with Crippen LogP contribution in [-0.4, -0.2) is 31.7 Å². The Kier molecular flexibility index (Phi) is 3.58. The molecule has 0 saturated carbocycles. The quantitative estimate of drug-likeness (QED) is 0.899. The first kappa shape index (κ1) is 11.2. The predicted molar refractivity (Wildman–Crippen MR) is 62.4 cm³/mol. The molecule has 0 saturated heterocycles. The Balaban J connectivity index is 2.33. The van der Waals surface area contributed by atoms with Crippen LogP contribution in [-0.2, 0) is 6.54 Å². The fourth-order valence-electron chi connectivity index (χ4n) is 1.32. The predicted octanol–water partition coefficient (Wildman–Crippen LogP) is 0.846. The largest absolute Gasteiger partial charge is 0.330 e. The van der Waals surface area contributed by atoms with Gasteiger partial charge in [0, 0.05) is 17.2 Å². The van der Waals surface area contributed by atoms with E-state index in [0.29, 0.717) is 18.9 Å². The van der Waals surface area contributed by atoms with Crippen molar-refractivity contribution in [2.45, 2.75) is 13.0 Å². The van der Waals surface area contributed by atoms with E-state index < -0.39 is 0 Å². The molecule has 0 bridgehead atoms. The first-order valence-corrected chi connectivity index (χ1v) is 5.69. The molecule has 0 amide bonds. The summed E-state index contributed by atoms with van der Waals surface area (Å²) >= 11 is 3.42. The van der Waals surface area contributed by atoms with Gasteiger partial charge in [-0.3, -0.25) is 4.98 Å². The third-order valence-corrected chi connectivity index (χ3v) is 2.72. The van der Waals surface area contributed by atoms with Crippen LogP contribution in [0.2, 0.25) is 0 Å². The van der Waals surface area contributed by atoms with Gasteiger partial charge in [0.25, 0.3) is 0 Å². The average molecular weight is 283 g/mol. The molecule has 0 unspecified atom stereocenters. The van der Waals surface area contributed by atoms with Crippen LogP contribution in [0.5, 0.6) is 0 Å². The van der Waals surface area contributed by atoms with Crippen LogP contribution in [0.4, 0.5) is 0 Å². The number of nitrogens with two attached hydrogens (primary N) is 1. The van der Waals surface area contributed by atoms with Crippen LogP contribution in [0.3, 0.4) is 0 Å². The van der Waals surface area contributed by atoms with Crippen LogP contribution < -0.4 is 5.73 Å². The highest BCUT2D eigenvalue weighted by Crippen LogP contribution is 2.22. The lowest BCUT2D eigenvalue weighted by atomic mass is 10.3. The van der Waals surface area contributed by atoms with Crippen molar-refractivity contribution < 1.29 is 0 Å². The minimum Gasteiger partial charge on any atom is -0.330 e. The number of aromatic nitrogens is 5. The summed E-state index contributed by atoms with van der Waals surface area (Å²) < 4.78 is 2.58. The maximum Gasteiger partial charge on any atom is 0.201 e. The van der Waals surface area contributed by atoms with E-state index in [2.05, 4.69) is 36.4 Å². The summed E-state index contributed by atoms with van der Waals surface area (Å²) in [4.78, 5) is 4.25. The molecule has 2 heterocycles. The molecule has 0 aliphatic heterocycles. The van der Waals surface area contributed by atoms with Crippen molar-refractivity contribution in [3.8, 4) is 11.5 Å². The van der Waals surface area contributed by atoms with Crippen molar-refractivity contribution in [2.75, 3.05) is 6.54 Å². The normalized spacial score (nSPS) is 10.6. The zero-order valence-corrected chi connectivity index (χ0v) is 10.1. The number of nitrogens with zero attached hydrogens (tertiary/aromatic N) is 5. The highest BCUT2D eigenvalue weighted by atomic mass is 79.9. The first-order valence-electron chi connectivity index (χ1n) is 4.90. The van der Waals surface area contributed by atoms with Gasteiger partial charge < -0.3 is 5.73 Å². The Hall–Kier alpha value is -1.34. The second kappa shape index (κ2) is 5.13. The molecule has 0 atom stereocenters. The third-order valence-electron chi connectivity index (χ3n) is 2.08. The summed E-state index contributed by atoms with van der Waals surface area (Å²) in [5.41, 5.74) is 6.20. The van der Waals surface area contributed by atoms with E-state index in [4.69, 9.17) is 5.73 Å². The van der Waals surface area contributed by atoms with Crippen molar-refractivity contribution in [3.05, 3.63) is 22.8 Å². The van der Waals surface area contributed by atoms with Gasteiger partial charge in [0.05, 0.1) is 0 Å². The minimum absolute atomic E-state index is 0.614. The van der Waals surface area contributed by atoms with Gasteiger partial charge in [0.15, 0.2) is 0 Å². The second-order valence-corrected chi connectivity index (χ2v) is 4.06. The molecular formula is C9H11BrN6. The molecule has 2 aromatic rings. The summed E-state index contributed by atoms with van der Waals surface area (Å²) in [5.74, 6) is 0.654. The average Bonchev–Trinajstić information content (AvgIpc) is 2.75. The van der Waals surface area contributed by atoms with Gasteiger partial charge in [0.1, 0.15) is 5.69 Å². The van der Waals surface area contributed by atoms with E-state index in [-0.39, 0.29) is 0 Å². The topological polar surface area (TPSA) is 82.5 Å². The van der Waals surface area contributed by atoms with Gasteiger partial charge in [-0.2, -0.15) is 0 Å². The summed E-state index contributed by atoms with van der Waals surface area (Å²) in [6, 6.07) is 3.76. The zero-order valence-electron chi connectivity index (χ0n) is 8.54. The maximum absolute atomic E-state index is 5.46. The van der Waals surface area contributed by atoms with Crippen molar-refractivity contribution in [1.29, 1.82) is 0 Å². The van der Waals surface area contributed by atoms with E-state index >= 15 is 0 Å². The number of hydrogen-bond acceptors (Lipinski definition) is 5. The Bertz CT molecular complexity index is 469. The summed E-state index contributed by atoms with van der Waals surface area (Å²) in [7, 11) is 0. The van der Waals surface area contributed by atoms with E-state index in [1.54, 1.807) is 10.9 Å². The van der Waals surface area contributed by atoms with Gasteiger partial charge >= 0.3 is 0 Å². The monoisotopic (exact) mass is 282 g/mol. The SMILES string of the molecule is NCCCn1nnnc1-c1ncccc1Br. The van der Waals surface area contributed by atoms with Crippen LogP contribution in [0.25, 0.3) is 11.5 Å². The van der Waals surface area contributed by atoms with Gasteiger partial charge in [-0.1, -0.05) is 0 Å². The van der Waals surface area contributed by atoms with Gasteiger partial charge in [-0.25, -0.2) is 4.68 Å². The molecule has 16 heavy (non-hydrogen) atoms. The van der Waals surface area contributed by atoms with E-state index in [9.17, 15) is 0 Å². The lowest BCUT2D eigenvalue weighted by molar-refractivity contribution is 0.568. The number of rotatable bonds is 4. The Morgan fingerprint density at radius 1 is 1.44 bits per heavy atom. The zero-order chi connectivity index (χ0) is 11.4. The maximum atomic E-state index is 5.46. The molecule has 2 aromatic heterocycles. The van der Waals surface area contributed by atoms with Crippen molar-refractivity contribution in [3.63, 3.8) is 0 Å². The molecule has 6 nitrogen and oxygen atoms in total. The molecular weight excluding hydrogens is 272 g/mol. The summed E-state index contributed by atoms with van der Waals surface area (Å²) in [5, 5.41) is 11.5. The minimum atomic E-state index is 0.614. The van der Waals surface area contributed by atoms with Crippen LogP contribution in [0, 0.1) is 0 Å². The number of pyridine rings is 1. The fraction of sp³-hybridized carbons (Fsp3) is 0.333. The fourth-order valence-corrected chi connectivity index (χ4v) is 1.75. The van der Waals surface area contributed by atoms with Crippen LogP contribution in [0.1, 0.15) is 6.42 Å². The third kappa shape index (κ3) is 2.25. The molecule has 0 aliphatic rings. The smallest absolute Gasteiger partial charge is 0.201 e. The van der Waals surface area contributed by atoms with Gasteiger partial charge in [-0.15, -0.1) is 5.10 Å². The van der Waals surface area contributed by atoms with Gasteiger partial charge in [0.2, 0.25) is 5.82 Å². The molecule has 0 aromatic carbocycles. The molecule has 2 N–H and O–H groups in total. The molecule has 0 aliphatic carbocycles. The molecule has 0 radical (unpaired) electrons. The molecule has 7 heteroatoms. The Morgan fingerprint density at radius 2 is 2.31 bits per heavy atom. The number of hydrogen-bond donors (Lipinski definition) is 1. The van der Waals surface area contributed by atoms with E-state index in [1.807, 2.05) is 12.1 Å². The lowest BCUT2D eigenvalue weighted by Crippen LogP contribution is -2.09. The highest BCUT2D eigenvalue weighted by Gasteiger charge is 2.12. The molecule has 2 rings (SSSR count). The number of tetrazole rings is 1. The summed E-state index contributed by atoms with van der Waals surface area (Å²) in [6.45, 7) is 1.31. The Morgan fingerprint density at radius 3 is 3.06 bits per heavy atom. The number of halogens is 1. The van der Waals surface area contributed by atoms with Gasteiger partial charge in [-0.05, 0) is 51.5 Å². The first-order chi connectivity index (χ1) is 7.83.